The van der Waals surface area contributed by atoms with E-state index in [0.29, 0.717) is 5.02 Å². The molecule has 1 N–H and O–H groups in total. The van der Waals surface area contributed by atoms with Gasteiger partial charge in [-0.2, -0.15) is 0 Å². The first-order valence-corrected chi connectivity index (χ1v) is 14.5. The maximum Gasteiger partial charge on any atom is 0.264 e. The third-order valence-electron chi connectivity index (χ3n) is 6.44. The van der Waals surface area contributed by atoms with E-state index in [2.05, 4.69) is 22.3 Å². The van der Waals surface area contributed by atoms with Gasteiger partial charge in [0.05, 0.1) is 15.6 Å². The number of nitrogens with zero attached hydrogens (tertiary/aromatic N) is 2. The molecule has 0 aliphatic carbocycles. The number of aryl methyl sites for hydroxylation is 1. The molecular weight excluding hydrogens is 529 g/mol. The number of hydrogen-bond donors (Lipinski definition) is 1. The minimum Gasteiger partial charge on any atom is -0.350 e. The first-order chi connectivity index (χ1) is 17.7. The van der Waals surface area contributed by atoms with Gasteiger partial charge >= 0.3 is 0 Å². The van der Waals surface area contributed by atoms with Crippen LogP contribution in [0.3, 0.4) is 0 Å². The van der Waals surface area contributed by atoms with Gasteiger partial charge in [0.25, 0.3) is 10.0 Å². The lowest BCUT2D eigenvalue weighted by molar-refractivity contribution is -0.119. The molecule has 4 rings (SSSR count). The third kappa shape index (κ3) is 7.26. The highest BCUT2D eigenvalue weighted by molar-refractivity contribution is 7.92. The Kier molecular flexibility index (Phi) is 9.13. The normalized spacial score (nSPS) is 14.4. The average molecular weight is 561 g/mol. The second-order valence-corrected chi connectivity index (χ2v) is 12.1. The molecule has 1 fully saturated rings. The van der Waals surface area contributed by atoms with Crippen LogP contribution in [0.15, 0.2) is 71.6 Å². The lowest BCUT2D eigenvalue weighted by Gasteiger charge is -2.26. The van der Waals surface area contributed by atoms with Gasteiger partial charge in [0.2, 0.25) is 5.91 Å². The van der Waals surface area contributed by atoms with Crippen LogP contribution in [0.4, 0.5) is 5.69 Å². The number of carbonyl (C=O) groups excluding carboxylic acids is 1. The minimum absolute atomic E-state index is 0.0613. The average Bonchev–Trinajstić information content (AvgIpc) is 2.89. The third-order valence-corrected chi connectivity index (χ3v) is 8.77. The second-order valence-electron chi connectivity index (χ2n) is 9.35. The molecule has 0 bridgehead atoms. The monoisotopic (exact) mass is 559 g/mol. The zero-order valence-electron chi connectivity index (χ0n) is 20.8. The Bertz CT molecular complexity index is 1320. The lowest BCUT2D eigenvalue weighted by atomic mass is 10.1. The van der Waals surface area contributed by atoms with E-state index in [1.54, 1.807) is 18.2 Å². The molecule has 6 nitrogen and oxygen atoms in total. The van der Waals surface area contributed by atoms with E-state index in [1.807, 2.05) is 19.1 Å². The molecule has 1 aliphatic rings. The highest BCUT2D eigenvalue weighted by Gasteiger charge is 2.29. The van der Waals surface area contributed by atoms with Crippen molar-refractivity contribution < 1.29 is 13.2 Å². The van der Waals surface area contributed by atoms with Gasteiger partial charge in [-0.3, -0.25) is 14.0 Å². The van der Waals surface area contributed by atoms with Crippen molar-refractivity contribution in [2.24, 2.45) is 0 Å². The summed E-state index contributed by atoms with van der Waals surface area (Å²) in [6.07, 6.45) is 3.81. The van der Waals surface area contributed by atoms with Gasteiger partial charge in [-0.15, -0.1) is 0 Å². The van der Waals surface area contributed by atoms with Crippen LogP contribution in [-0.4, -0.2) is 38.9 Å². The van der Waals surface area contributed by atoms with Gasteiger partial charge in [0.1, 0.15) is 6.54 Å². The molecule has 1 saturated heterocycles. The second kappa shape index (κ2) is 12.3. The summed E-state index contributed by atoms with van der Waals surface area (Å²) in [6, 6.07) is 19.1. The summed E-state index contributed by atoms with van der Waals surface area (Å²) in [5, 5.41) is 3.33. The topological polar surface area (TPSA) is 69.7 Å². The van der Waals surface area contributed by atoms with Crippen LogP contribution < -0.4 is 9.62 Å². The highest BCUT2D eigenvalue weighted by Crippen LogP contribution is 2.33. The molecule has 3 aromatic rings. The number of anilines is 1. The van der Waals surface area contributed by atoms with E-state index in [4.69, 9.17) is 23.2 Å². The van der Waals surface area contributed by atoms with E-state index in [-0.39, 0.29) is 22.2 Å². The quantitative estimate of drug-likeness (QED) is 0.359. The molecule has 0 saturated carbocycles. The number of rotatable bonds is 9. The van der Waals surface area contributed by atoms with Crippen LogP contribution in [0.2, 0.25) is 10.0 Å². The Morgan fingerprint density at radius 2 is 1.57 bits per heavy atom. The summed E-state index contributed by atoms with van der Waals surface area (Å²) in [5.74, 6) is -0.455. The summed E-state index contributed by atoms with van der Waals surface area (Å²) in [4.78, 5) is 15.5. The fourth-order valence-electron chi connectivity index (χ4n) is 4.34. The molecular formula is C28H31Cl2N3O3S. The Labute approximate surface area is 229 Å². The standard InChI is InChI=1S/C28H31Cl2N3O3S/c1-21-5-12-25(13-6-21)37(35,36)33(27-17-24(29)11-14-26(27)30)20-28(34)31-18-22-7-9-23(10-8-22)19-32-15-3-2-4-16-32/h5-14,17H,2-4,15-16,18-20H2,1H3,(H,31,34). The number of carbonyl (C=O) groups is 1. The van der Waals surface area contributed by atoms with E-state index >= 15 is 0 Å². The number of nitrogens with one attached hydrogen (secondary N) is 1. The fraction of sp³-hybridized carbons (Fsp3) is 0.321. The number of hydrogen-bond acceptors (Lipinski definition) is 4. The van der Waals surface area contributed by atoms with Crippen LogP contribution >= 0.6 is 23.2 Å². The first-order valence-electron chi connectivity index (χ1n) is 12.3. The first kappa shape index (κ1) is 27.5. The van der Waals surface area contributed by atoms with Crippen molar-refractivity contribution in [2.75, 3.05) is 23.9 Å². The van der Waals surface area contributed by atoms with Gasteiger partial charge in [-0.05, 0) is 74.3 Å². The van der Waals surface area contributed by atoms with Crippen molar-refractivity contribution in [1.29, 1.82) is 0 Å². The van der Waals surface area contributed by atoms with Crippen LogP contribution in [0.25, 0.3) is 0 Å². The SMILES string of the molecule is Cc1ccc(S(=O)(=O)N(CC(=O)NCc2ccc(CN3CCCCC3)cc2)c2cc(Cl)ccc2Cl)cc1. The summed E-state index contributed by atoms with van der Waals surface area (Å²) in [7, 11) is -4.08. The predicted octanol–water partition coefficient (Wildman–Crippen LogP) is 5.80. The molecule has 37 heavy (non-hydrogen) atoms. The van der Waals surface area contributed by atoms with Crippen molar-refractivity contribution in [1.82, 2.24) is 10.2 Å². The lowest BCUT2D eigenvalue weighted by Crippen LogP contribution is -2.40. The molecule has 196 valence electrons. The molecule has 0 spiro atoms. The highest BCUT2D eigenvalue weighted by atomic mass is 35.5. The molecule has 3 aromatic carbocycles. The largest absolute Gasteiger partial charge is 0.350 e. The summed E-state index contributed by atoms with van der Waals surface area (Å²) < 4.78 is 28.1. The number of halogens is 2. The molecule has 1 heterocycles. The molecule has 9 heteroatoms. The molecule has 1 amide bonds. The van der Waals surface area contributed by atoms with Gasteiger partial charge in [0, 0.05) is 18.1 Å². The van der Waals surface area contributed by atoms with Crippen LogP contribution in [-0.2, 0) is 27.9 Å². The Morgan fingerprint density at radius 1 is 0.919 bits per heavy atom. The Morgan fingerprint density at radius 3 is 2.24 bits per heavy atom. The van der Waals surface area contributed by atoms with Crippen molar-refractivity contribution in [2.45, 2.75) is 44.2 Å². The number of sulfonamides is 1. The van der Waals surface area contributed by atoms with E-state index in [1.165, 1.54) is 49.1 Å². The number of amides is 1. The van der Waals surface area contributed by atoms with Crippen LogP contribution in [0.1, 0.15) is 36.0 Å². The minimum atomic E-state index is -4.08. The number of piperidine rings is 1. The van der Waals surface area contributed by atoms with E-state index in [9.17, 15) is 13.2 Å². The fourth-order valence-corrected chi connectivity index (χ4v) is 6.21. The van der Waals surface area contributed by atoms with Crippen molar-refractivity contribution in [3.8, 4) is 0 Å². The molecule has 1 aliphatic heterocycles. The van der Waals surface area contributed by atoms with Crippen LogP contribution in [0, 0.1) is 6.92 Å². The van der Waals surface area contributed by atoms with Gasteiger partial charge in [-0.25, -0.2) is 8.42 Å². The van der Waals surface area contributed by atoms with Gasteiger partial charge in [0.15, 0.2) is 0 Å². The van der Waals surface area contributed by atoms with Crippen molar-refractivity contribution in [3.05, 3.63) is 93.5 Å². The molecule has 0 atom stereocenters. The molecule has 0 aromatic heterocycles. The smallest absolute Gasteiger partial charge is 0.264 e. The number of likely N-dealkylation sites (tertiary alicyclic amines) is 1. The number of benzene rings is 3. The Hall–Kier alpha value is -2.58. The summed E-state index contributed by atoms with van der Waals surface area (Å²) in [5.41, 5.74) is 3.24. The van der Waals surface area contributed by atoms with Crippen LogP contribution in [0.5, 0.6) is 0 Å². The van der Waals surface area contributed by atoms with E-state index < -0.39 is 22.5 Å². The van der Waals surface area contributed by atoms with E-state index in [0.717, 1.165) is 35.1 Å². The predicted molar refractivity (Wildman–Crippen MR) is 150 cm³/mol. The van der Waals surface area contributed by atoms with Crippen molar-refractivity contribution >= 4 is 44.8 Å². The molecule has 0 radical (unpaired) electrons. The summed E-state index contributed by atoms with van der Waals surface area (Å²) >= 11 is 12.5. The zero-order chi connectivity index (χ0) is 26.4. The maximum absolute atomic E-state index is 13.6. The Balaban J connectivity index is 1.46. The van der Waals surface area contributed by atoms with Gasteiger partial charge in [-0.1, -0.05) is 71.6 Å². The zero-order valence-corrected chi connectivity index (χ0v) is 23.1. The summed E-state index contributed by atoms with van der Waals surface area (Å²) in [6.45, 7) is 4.91. The van der Waals surface area contributed by atoms with Gasteiger partial charge < -0.3 is 5.32 Å². The maximum atomic E-state index is 13.6. The molecule has 0 unspecified atom stereocenters. The van der Waals surface area contributed by atoms with Crippen molar-refractivity contribution in [3.63, 3.8) is 0 Å².